The summed E-state index contributed by atoms with van der Waals surface area (Å²) in [5, 5.41) is 0.253. The highest BCUT2D eigenvalue weighted by molar-refractivity contribution is 9.09. The minimum atomic E-state index is -0.0900. The molecule has 0 N–H and O–H groups in total. The molecule has 0 radical (unpaired) electrons. The summed E-state index contributed by atoms with van der Waals surface area (Å²) >= 11 is 3.02. The predicted molar refractivity (Wildman–Crippen MR) is 50.8 cm³/mol. The molecule has 1 amide bonds. The second kappa shape index (κ2) is 5.34. The van der Waals surface area contributed by atoms with Gasteiger partial charge in [-0.3, -0.25) is 9.59 Å². The van der Waals surface area contributed by atoms with E-state index in [4.69, 9.17) is 4.74 Å². The van der Waals surface area contributed by atoms with Gasteiger partial charge >= 0.3 is 0 Å². The molecule has 1 rings (SSSR count). The van der Waals surface area contributed by atoms with Crippen LogP contribution in [0.1, 0.15) is 6.42 Å². The van der Waals surface area contributed by atoms with E-state index in [0.717, 1.165) is 0 Å². The molecule has 0 aromatic heterocycles. The molecule has 13 heavy (non-hydrogen) atoms. The van der Waals surface area contributed by atoms with Crippen LogP contribution in [-0.2, 0) is 14.3 Å². The standard InChI is InChI=1S/C8H12BrNO3/c9-6-7(11)5-8(12)10-1-3-13-4-2-10/h1-6H2. The summed E-state index contributed by atoms with van der Waals surface area (Å²) in [7, 11) is 0. The maximum absolute atomic E-state index is 11.4. The smallest absolute Gasteiger partial charge is 0.230 e. The van der Waals surface area contributed by atoms with E-state index < -0.39 is 0 Å². The van der Waals surface area contributed by atoms with Crippen molar-refractivity contribution in [3.8, 4) is 0 Å². The van der Waals surface area contributed by atoms with E-state index in [2.05, 4.69) is 15.9 Å². The molecule has 1 heterocycles. The van der Waals surface area contributed by atoms with E-state index in [9.17, 15) is 9.59 Å². The summed E-state index contributed by atoms with van der Waals surface area (Å²) in [4.78, 5) is 24.0. The number of ether oxygens (including phenoxy) is 1. The van der Waals surface area contributed by atoms with Crippen molar-refractivity contribution < 1.29 is 14.3 Å². The number of carbonyl (C=O) groups excluding carboxylic acids is 2. The lowest BCUT2D eigenvalue weighted by Crippen LogP contribution is -2.41. The highest BCUT2D eigenvalue weighted by Gasteiger charge is 2.18. The predicted octanol–water partition coefficient (Wildman–Crippen LogP) is 0.199. The number of halogens is 1. The molecular weight excluding hydrogens is 238 g/mol. The first-order valence-corrected chi connectivity index (χ1v) is 5.29. The number of Topliss-reactive ketones (excluding diaryl/α,β-unsaturated/α-hetero) is 1. The van der Waals surface area contributed by atoms with Crippen LogP contribution in [-0.4, -0.2) is 48.2 Å². The van der Waals surface area contributed by atoms with Gasteiger partial charge in [0.15, 0.2) is 5.78 Å². The zero-order valence-corrected chi connectivity index (χ0v) is 8.88. The van der Waals surface area contributed by atoms with Gasteiger partial charge in [-0.15, -0.1) is 0 Å². The molecule has 0 saturated carbocycles. The van der Waals surface area contributed by atoms with E-state index >= 15 is 0 Å². The quantitative estimate of drug-likeness (QED) is 0.531. The lowest BCUT2D eigenvalue weighted by atomic mass is 10.2. The summed E-state index contributed by atoms with van der Waals surface area (Å²) in [6.07, 6.45) is 0.00521. The third-order valence-electron chi connectivity index (χ3n) is 1.86. The van der Waals surface area contributed by atoms with Gasteiger partial charge in [0.25, 0.3) is 0 Å². The maximum Gasteiger partial charge on any atom is 0.230 e. The Kier molecular flexibility index (Phi) is 4.38. The minimum absolute atomic E-state index is 0.00521. The third-order valence-corrected chi connectivity index (χ3v) is 2.49. The van der Waals surface area contributed by atoms with Gasteiger partial charge in [0, 0.05) is 13.1 Å². The van der Waals surface area contributed by atoms with E-state index in [1.165, 1.54) is 0 Å². The van der Waals surface area contributed by atoms with Crippen molar-refractivity contribution in [3.63, 3.8) is 0 Å². The number of rotatable bonds is 3. The first kappa shape index (κ1) is 10.7. The Morgan fingerprint density at radius 2 is 1.92 bits per heavy atom. The van der Waals surface area contributed by atoms with Gasteiger partial charge in [-0.2, -0.15) is 0 Å². The van der Waals surface area contributed by atoms with Crippen molar-refractivity contribution in [1.29, 1.82) is 0 Å². The molecule has 1 fully saturated rings. The molecule has 0 aliphatic carbocycles. The molecule has 0 atom stereocenters. The van der Waals surface area contributed by atoms with Gasteiger partial charge < -0.3 is 9.64 Å². The average Bonchev–Trinajstić information content (AvgIpc) is 2.19. The fourth-order valence-corrected chi connectivity index (χ4v) is 1.34. The first-order chi connectivity index (χ1) is 6.24. The Balaban J connectivity index is 2.33. The number of ketones is 1. The van der Waals surface area contributed by atoms with E-state index in [-0.39, 0.29) is 23.4 Å². The van der Waals surface area contributed by atoms with Gasteiger partial charge in [-0.1, -0.05) is 15.9 Å². The molecule has 0 aromatic rings. The third kappa shape index (κ3) is 3.44. The molecule has 0 aromatic carbocycles. The van der Waals surface area contributed by atoms with Gasteiger partial charge in [0.1, 0.15) is 0 Å². The topological polar surface area (TPSA) is 46.6 Å². The van der Waals surface area contributed by atoms with Crippen molar-refractivity contribution in [2.24, 2.45) is 0 Å². The Morgan fingerprint density at radius 1 is 1.31 bits per heavy atom. The molecule has 1 aliphatic heterocycles. The fourth-order valence-electron chi connectivity index (χ4n) is 1.14. The number of amides is 1. The van der Waals surface area contributed by atoms with Crippen LogP contribution in [0.3, 0.4) is 0 Å². The SMILES string of the molecule is O=C(CBr)CC(=O)N1CCOCC1. The number of carbonyl (C=O) groups is 2. The summed E-state index contributed by atoms with van der Waals surface area (Å²) in [6.45, 7) is 2.37. The fraction of sp³-hybridized carbons (Fsp3) is 0.750. The largest absolute Gasteiger partial charge is 0.378 e. The second-order valence-corrected chi connectivity index (χ2v) is 3.40. The van der Waals surface area contributed by atoms with Crippen LogP contribution in [0.2, 0.25) is 0 Å². The number of morpholine rings is 1. The van der Waals surface area contributed by atoms with Gasteiger partial charge in [-0.25, -0.2) is 0 Å². The molecule has 1 aliphatic rings. The first-order valence-electron chi connectivity index (χ1n) is 4.17. The summed E-state index contributed by atoms with van der Waals surface area (Å²) < 4.78 is 5.09. The Morgan fingerprint density at radius 3 is 2.46 bits per heavy atom. The number of nitrogens with zero attached hydrogens (tertiary/aromatic N) is 1. The van der Waals surface area contributed by atoms with Crippen LogP contribution in [0.15, 0.2) is 0 Å². The highest BCUT2D eigenvalue weighted by atomic mass is 79.9. The van der Waals surface area contributed by atoms with Crippen molar-refractivity contribution in [3.05, 3.63) is 0 Å². The van der Waals surface area contributed by atoms with Crippen LogP contribution in [0.4, 0.5) is 0 Å². The normalized spacial score (nSPS) is 17.2. The van der Waals surface area contributed by atoms with E-state index in [0.29, 0.717) is 26.3 Å². The average molecular weight is 250 g/mol. The number of alkyl halides is 1. The van der Waals surface area contributed by atoms with Crippen molar-refractivity contribution in [2.75, 3.05) is 31.6 Å². The zero-order valence-electron chi connectivity index (χ0n) is 7.29. The zero-order chi connectivity index (χ0) is 9.68. The van der Waals surface area contributed by atoms with E-state index in [1.54, 1.807) is 4.90 Å². The molecular formula is C8H12BrNO3. The Labute approximate surface area is 85.4 Å². The molecule has 0 spiro atoms. The molecule has 0 bridgehead atoms. The maximum atomic E-state index is 11.4. The summed E-state index contributed by atoms with van der Waals surface area (Å²) in [6, 6.07) is 0. The lowest BCUT2D eigenvalue weighted by molar-refractivity contribution is -0.138. The van der Waals surface area contributed by atoms with Crippen LogP contribution >= 0.6 is 15.9 Å². The van der Waals surface area contributed by atoms with Crippen LogP contribution in [0, 0.1) is 0 Å². The Bertz CT molecular complexity index is 202. The van der Waals surface area contributed by atoms with E-state index in [1.807, 2.05) is 0 Å². The molecule has 74 valence electrons. The minimum Gasteiger partial charge on any atom is -0.378 e. The lowest BCUT2D eigenvalue weighted by Gasteiger charge is -2.26. The summed E-state index contributed by atoms with van der Waals surface area (Å²) in [5.74, 6) is -0.163. The van der Waals surface area contributed by atoms with Crippen molar-refractivity contribution in [1.82, 2.24) is 4.90 Å². The molecule has 0 unspecified atom stereocenters. The van der Waals surface area contributed by atoms with Gasteiger partial charge in [0.2, 0.25) is 5.91 Å². The second-order valence-electron chi connectivity index (χ2n) is 2.84. The van der Waals surface area contributed by atoms with Crippen LogP contribution in [0.25, 0.3) is 0 Å². The molecule has 1 saturated heterocycles. The molecule has 4 nitrogen and oxygen atoms in total. The molecule has 5 heteroatoms. The van der Waals surface area contributed by atoms with Gasteiger partial charge in [-0.05, 0) is 0 Å². The monoisotopic (exact) mass is 249 g/mol. The highest BCUT2D eigenvalue weighted by Crippen LogP contribution is 2.01. The van der Waals surface area contributed by atoms with Gasteiger partial charge in [0.05, 0.1) is 25.0 Å². The number of hydrogen-bond donors (Lipinski definition) is 0. The van der Waals surface area contributed by atoms with Crippen LogP contribution < -0.4 is 0 Å². The number of hydrogen-bond acceptors (Lipinski definition) is 3. The van der Waals surface area contributed by atoms with Crippen LogP contribution in [0.5, 0.6) is 0 Å². The van der Waals surface area contributed by atoms with Crippen molar-refractivity contribution in [2.45, 2.75) is 6.42 Å². The summed E-state index contributed by atoms with van der Waals surface area (Å²) in [5.41, 5.74) is 0. The van der Waals surface area contributed by atoms with Crippen molar-refractivity contribution >= 4 is 27.6 Å². The Hall–Kier alpha value is -0.420.